The molecule has 0 heterocycles. The molecule has 0 fully saturated rings. The molecule has 0 aliphatic carbocycles. The second-order valence-corrected chi connectivity index (χ2v) is 9.55. The van der Waals surface area contributed by atoms with Crippen molar-refractivity contribution in [2.45, 2.75) is 58.2 Å². The molecule has 0 saturated heterocycles. The third-order valence-corrected chi connectivity index (χ3v) is 6.05. The van der Waals surface area contributed by atoms with Gasteiger partial charge in [0, 0.05) is 11.0 Å². The first-order chi connectivity index (χ1) is 16.9. The van der Waals surface area contributed by atoms with E-state index in [1.807, 2.05) is 44.2 Å². The Kier molecular flexibility index (Phi) is 9.49. The van der Waals surface area contributed by atoms with Crippen molar-refractivity contribution in [1.29, 1.82) is 0 Å². The van der Waals surface area contributed by atoms with Crippen LogP contribution < -0.4 is 21.7 Å². The first-order valence-electron chi connectivity index (χ1n) is 11.7. The molecule has 0 saturated carbocycles. The van der Waals surface area contributed by atoms with Crippen LogP contribution in [0.25, 0.3) is 0 Å². The molecule has 9 heteroatoms. The van der Waals surface area contributed by atoms with Crippen molar-refractivity contribution in [3.05, 3.63) is 71.8 Å². The molecule has 9 nitrogen and oxygen atoms in total. The second kappa shape index (κ2) is 12.1. The highest BCUT2D eigenvalue weighted by atomic mass is 16.2. The summed E-state index contributed by atoms with van der Waals surface area (Å²) in [5, 5.41) is 7.93. The van der Waals surface area contributed by atoms with Gasteiger partial charge in [0.05, 0.1) is 6.04 Å². The van der Waals surface area contributed by atoms with Crippen LogP contribution in [0.4, 0.5) is 0 Å². The van der Waals surface area contributed by atoms with Crippen LogP contribution >= 0.6 is 0 Å². The number of hydrogen-bond acceptors (Lipinski definition) is 5. The molecule has 0 aliphatic rings. The molecule has 2 aromatic rings. The quantitative estimate of drug-likeness (QED) is 0.349. The summed E-state index contributed by atoms with van der Waals surface area (Å²) in [6, 6.07) is 14.5. The summed E-state index contributed by atoms with van der Waals surface area (Å²) in [5.74, 6) is -4.16. The highest BCUT2D eigenvalue weighted by molar-refractivity contribution is 6.38. The molecule has 36 heavy (non-hydrogen) atoms. The van der Waals surface area contributed by atoms with Crippen LogP contribution in [0.15, 0.2) is 60.7 Å². The van der Waals surface area contributed by atoms with E-state index in [9.17, 15) is 24.0 Å². The van der Waals surface area contributed by atoms with E-state index in [2.05, 4.69) is 16.0 Å². The van der Waals surface area contributed by atoms with Crippen LogP contribution in [-0.4, -0.2) is 47.5 Å². The zero-order valence-corrected chi connectivity index (χ0v) is 21.2. The van der Waals surface area contributed by atoms with Gasteiger partial charge in [-0.2, -0.15) is 0 Å². The Hall–Kier alpha value is -4.01. The van der Waals surface area contributed by atoms with Gasteiger partial charge in [-0.05, 0) is 30.5 Å². The maximum atomic E-state index is 13.5. The summed E-state index contributed by atoms with van der Waals surface area (Å²) in [7, 11) is 0. The predicted octanol–water partition coefficient (Wildman–Crippen LogP) is 1.46. The summed E-state index contributed by atoms with van der Waals surface area (Å²) in [5.41, 5.74) is 5.43. The number of rotatable bonds is 11. The number of nitrogens with one attached hydrogen (secondary N) is 3. The van der Waals surface area contributed by atoms with Crippen LogP contribution in [0.2, 0.25) is 0 Å². The molecule has 4 amide bonds. The van der Waals surface area contributed by atoms with E-state index in [1.165, 1.54) is 6.92 Å². The third kappa shape index (κ3) is 7.00. The van der Waals surface area contributed by atoms with E-state index in [4.69, 9.17) is 5.73 Å². The largest absolute Gasteiger partial charge is 0.363 e. The highest BCUT2D eigenvalue weighted by Crippen LogP contribution is 2.27. The molecule has 0 unspecified atom stereocenters. The average molecular weight is 495 g/mol. The molecular formula is C27H34N4O5. The summed E-state index contributed by atoms with van der Waals surface area (Å²) in [4.78, 5) is 62.6. The van der Waals surface area contributed by atoms with Crippen molar-refractivity contribution >= 4 is 29.4 Å². The number of nitrogens with two attached hydrogens (primary N) is 1. The Morgan fingerprint density at radius 2 is 1.28 bits per heavy atom. The minimum Gasteiger partial charge on any atom is -0.363 e. The fourth-order valence-corrected chi connectivity index (χ4v) is 3.74. The molecule has 2 rings (SSSR count). The van der Waals surface area contributed by atoms with Crippen LogP contribution in [0, 0.1) is 5.92 Å². The molecule has 3 atom stereocenters. The standard InChI is InChI=1S/C27H34N4O5/c1-16(2)20(21(32)23(28)33)30-24(34)17(3)29-26(36)22(27(4,5)19-14-10-7-11-15-19)31-25(35)18-12-8-6-9-13-18/h6-17,20,22H,1-5H3,(H2,28,33)(H,29,36)(H,30,34)(H,31,35)/t17-,20-,22+/m0/s1. The lowest BCUT2D eigenvalue weighted by atomic mass is 9.77. The van der Waals surface area contributed by atoms with Crippen LogP contribution in [-0.2, 0) is 24.6 Å². The fourth-order valence-electron chi connectivity index (χ4n) is 3.74. The lowest BCUT2D eigenvalue weighted by molar-refractivity contribution is -0.139. The number of benzene rings is 2. The van der Waals surface area contributed by atoms with Crippen molar-refractivity contribution in [2.24, 2.45) is 11.7 Å². The number of carbonyl (C=O) groups excluding carboxylic acids is 5. The van der Waals surface area contributed by atoms with Gasteiger partial charge < -0.3 is 21.7 Å². The summed E-state index contributed by atoms with van der Waals surface area (Å²) in [6.07, 6.45) is 0. The van der Waals surface area contributed by atoms with Gasteiger partial charge >= 0.3 is 0 Å². The summed E-state index contributed by atoms with van der Waals surface area (Å²) < 4.78 is 0. The maximum Gasteiger partial charge on any atom is 0.287 e. The SMILES string of the molecule is CC(C)[C@H](NC(=O)[C@H](C)NC(=O)[C@@H](NC(=O)c1ccccc1)C(C)(C)c1ccccc1)C(=O)C(N)=O. The maximum absolute atomic E-state index is 13.5. The lowest BCUT2D eigenvalue weighted by Gasteiger charge is -2.35. The van der Waals surface area contributed by atoms with Crippen LogP contribution in [0.1, 0.15) is 50.5 Å². The minimum absolute atomic E-state index is 0.384. The Morgan fingerprint density at radius 3 is 1.78 bits per heavy atom. The normalized spacial score (nSPS) is 13.7. The van der Waals surface area contributed by atoms with Crippen LogP contribution in [0.3, 0.4) is 0 Å². The van der Waals surface area contributed by atoms with Crippen molar-refractivity contribution < 1.29 is 24.0 Å². The Bertz CT molecular complexity index is 1100. The number of Topliss-reactive ketones (excluding diaryl/α,β-unsaturated/α-hetero) is 1. The number of primary amides is 1. The topological polar surface area (TPSA) is 147 Å². The van der Waals surface area contributed by atoms with Crippen molar-refractivity contribution in [3.63, 3.8) is 0 Å². The van der Waals surface area contributed by atoms with E-state index in [1.54, 1.807) is 44.2 Å². The molecule has 5 N–H and O–H groups in total. The smallest absolute Gasteiger partial charge is 0.287 e. The van der Waals surface area contributed by atoms with Gasteiger partial charge in [0.1, 0.15) is 12.1 Å². The second-order valence-electron chi connectivity index (χ2n) is 9.55. The Morgan fingerprint density at radius 1 is 0.750 bits per heavy atom. The highest BCUT2D eigenvalue weighted by Gasteiger charge is 2.39. The van der Waals surface area contributed by atoms with Crippen molar-refractivity contribution in [3.8, 4) is 0 Å². The number of carbonyl (C=O) groups is 5. The van der Waals surface area contributed by atoms with E-state index >= 15 is 0 Å². The van der Waals surface area contributed by atoms with Crippen LogP contribution in [0.5, 0.6) is 0 Å². The molecule has 2 aromatic carbocycles. The molecule has 0 bridgehead atoms. The van der Waals surface area contributed by atoms with Gasteiger partial charge in [0.15, 0.2) is 0 Å². The fraction of sp³-hybridized carbons (Fsp3) is 0.370. The predicted molar refractivity (Wildman–Crippen MR) is 136 cm³/mol. The molecule has 0 aliphatic heterocycles. The van der Waals surface area contributed by atoms with Gasteiger partial charge in [0.25, 0.3) is 11.8 Å². The van der Waals surface area contributed by atoms with Gasteiger partial charge in [-0.15, -0.1) is 0 Å². The van der Waals surface area contributed by atoms with E-state index < -0.39 is 58.9 Å². The zero-order valence-electron chi connectivity index (χ0n) is 21.2. The molecule has 0 spiro atoms. The van der Waals surface area contributed by atoms with E-state index in [0.717, 1.165) is 5.56 Å². The third-order valence-electron chi connectivity index (χ3n) is 6.05. The zero-order chi connectivity index (χ0) is 27.0. The molecule has 0 aromatic heterocycles. The van der Waals surface area contributed by atoms with E-state index in [-0.39, 0.29) is 0 Å². The molecular weight excluding hydrogens is 460 g/mol. The summed E-state index contributed by atoms with van der Waals surface area (Å²) >= 11 is 0. The number of amides is 4. The van der Waals surface area contributed by atoms with Gasteiger partial charge in [-0.3, -0.25) is 24.0 Å². The van der Waals surface area contributed by atoms with Gasteiger partial charge in [-0.25, -0.2) is 0 Å². The first-order valence-corrected chi connectivity index (χ1v) is 11.7. The monoisotopic (exact) mass is 494 g/mol. The van der Waals surface area contributed by atoms with E-state index in [0.29, 0.717) is 5.56 Å². The number of ketones is 1. The van der Waals surface area contributed by atoms with Gasteiger partial charge in [-0.1, -0.05) is 76.2 Å². The van der Waals surface area contributed by atoms with Crippen molar-refractivity contribution in [1.82, 2.24) is 16.0 Å². The lowest BCUT2D eigenvalue weighted by Crippen LogP contribution is -2.60. The Balaban J connectivity index is 2.27. The van der Waals surface area contributed by atoms with Gasteiger partial charge in [0.2, 0.25) is 17.6 Å². The Labute approximate surface area is 211 Å². The number of hydrogen-bond donors (Lipinski definition) is 4. The summed E-state index contributed by atoms with van der Waals surface area (Å²) in [6.45, 7) is 8.41. The average Bonchev–Trinajstić information content (AvgIpc) is 2.85. The van der Waals surface area contributed by atoms with Crippen molar-refractivity contribution in [2.75, 3.05) is 0 Å². The first kappa shape index (κ1) is 28.2. The minimum atomic E-state index is -1.15. The molecule has 192 valence electrons. The molecule has 0 radical (unpaired) electrons.